The lowest BCUT2D eigenvalue weighted by atomic mass is 10.3. The summed E-state index contributed by atoms with van der Waals surface area (Å²) in [5, 5.41) is 3.22. The van der Waals surface area contributed by atoms with Crippen molar-refractivity contribution in [2.45, 2.75) is 33.6 Å². The minimum atomic E-state index is 0.720. The number of hydrogen-bond acceptors (Lipinski definition) is 4. The molecular formula is C14H24N4. The van der Waals surface area contributed by atoms with Crippen LogP contribution in [0.1, 0.15) is 32.5 Å². The average molecular weight is 248 g/mol. The normalized spacial score (nSPS) is 10.2. The van der Waals surface area contributed by atoms with E-state index in [1.807, 2.05) is 19.1 Å². The Morgan fingerprint density at radius 3 is 2.50 bits per heavy atom. The van der Waals surface area contributed by atoms with Gasteiger partial charge < -0.3 is 10.2 Å². The molecule has 0 aromatic carbocycles. The van der Waals surface area contributed by atoms with Crippen molar-refractivity contribution in [3.63, 3.8) is 0 Å². The van der Waals surface area contributed by atoms with E-state index in [4.69, 9.17) is 0 Å². The maximum atomic E-state index is 4.53. The highest BCUT2D eigenvalue weighted by Crippen LogP contribution is 2.16. The van der Waals surface area contributed by atoms with E-state index in [1.165, 1.54) is 0 Å². The molecule has 0 spiro atoms. The maximum absolute atomic E-state index is 4.53. The molecule has 4 heteroatoms. The quantitative estimate of drug-likeness (QED) is 0.718. The summed E-state index contributed by atoms with van der Waals surface area (Å²) in [4.78, 5) is 11.2. The van der Waals surface area contributed by atoms with Crippen molar-refractivity contribution in [3.05, 3.63) is 24.5 Å². The van der Waals surface area contributed by atoms with E-state index in [2.05, 4.69) is 40.6 Å². The summed E-state index contributed by atoms with van der Waals surface area (Å²) < 4.78 is 0. The van der Waals surface area contributed by atoms with Crippen LogP contribution < -0.4 is 10.2 Å². The molecule has 0 radical (unpaired) electrons. The monoisotopic (exact) mass is 248 g/mol. The maximum Gasteiger partial charge on any atom is 0.134 e. The van der Waals surface area contributed by atoms with Crippen molar-refractivity contribution >= 4 is 11.6 Å². The first kappa shape index (κ1) is 14.5. The van der Waals surface area contributed by atoms with E-state index >= 15 is 0 Å². The summed E-state index contributed by atoms with van der Waals surface area (Å²) in [6.07, 6.45) is 4.07. The molecule has 100 valence electrons. The Bertz CT molecular complexity index is 370. The number of aryl methyl sites for hydroxylation is 1. The summed E-state index contributed by atoms with van der Waals surface area (Å²) in [5.74, 6) is 2.68. The lowest BCUT2D eigenvalue weighted by molar-refractivity contribution is 0.730. The molecule has 0 saturated heterocycles. The van der Waals surface area contributed by atoms with Crippen LogP contribution in [-0.4, -0.2) is 29.6 Å². The Balaban J connectivity index is 2.90. The SMILES string of the molecule is C=CCNc1cc(N(CCC)CCC)nc(C)n1. The molecule has 0 bridgehead atoms. The number of rotatable bonds is 8. The number of aromatic nitrogens is 2. The number of anilines is 2. The van der Waals surface area contributed by atoms with Gasteiger partial charge in [0.15, 0.2) is 0 Å². The first-order valence-electron chi connectivity index (χ1n) is 6.66. The average Bonchev–Trinajstić information content (AvgIpc) is 2.35. The van der Waals surface area contributed by atoms with Crippen molar-refractivity contribution in [1.29, 1.82) is 0 Å². The molecule has 1 N–H and O–H groups in total. The molecule has 4 nitrogen and oxygen atoms in total. The number of nitrogens with one attached hydrogen (secondary N) is 1. The second-order valence-electron chi connectivity index (χ2n) is 4.32. The molecule has 1 aromatic rings. The summed E-state index contributed by atoms with van der Waals surface area (Å²) in [6, 6.07) is 2.02. The molecule has 1 rings (SSSR count). The topological polar surface area (TPSA) is 41.0 Å². The smallest absolute Gasteiger partial charge is 0.134 e. The number of hydrogen-bond donors (Lipinski definition) is 1. The molecule has 0 unspecified atom stereocenters. The summed E-state index contributed by atoms with van der Waals surface area (Å²) in [5.41, 5.74) is 0. The van der Waals surface area contributed by atoms with Crippen LogP contribution in [0.25, 0.3) is 0 Å². The van der Waals surface area contributed by atoms with E-state index in [-0.39, 0.29) is 0 Å². The minimum absolute atomic E-state index is 0.720. The molecule has 0 saturated carbocycles. The molecule has 18 heavy (non-hydrogen) atoms. The fourth-order valence-electron chi connectivity index (χ4n) is 1.86. The van der Waals surface area contributed by atoms with Gasteiger partial charge in [-0.25, -0.2) is 9.97 Å². The van der Waals surface area contributed by atoms with Crippen LogP contribution in [0.3, 0.4) is 0 Å². The molecule has 0 atom stereocenters. The second kappa shape index (κ2) is 7.69. The molecule has 0 amide bonds. The summed E-state index contributed by atoms with van der Waals surface area (Å²) in [6.45, 7) is 12.8. The Morgan fingerprint density at radius 2 is 1.94 bits per heavy atom. The third-order valence-electron chi connectivity index (χ3n) is 2.56. The predicted molar refractivity (Wildman–Crippen MR) is 78.3 cm³/mol. The van der Waals surface area contributed by atoms with Crippen molar-refractivity contribution < 1.29 is 0 Å². The van der Waals surface area contributed by atoms with E-state index in [0.717, 1.165) is 49.9 Å². The summed E-state index contributed by atoms with van der Waals surface area (Å²) in [7, 11) is 0. The minimum Gasteiger partial charge on any atom is -0.366 e. The van der Waals surface area contributed by atoms with Crippen LogP contribution in [0, 0.1) is 6.92 Å². The van der Waals surface area contributed by atoms with Gasteiger partial charge in [0.1, 0.15) is 17.5 Å². The van der Waals surface area contributed by atoms with Crippen molar-refractivity contribution in [1.82, 2.24) is 9.97 Å². The van der Waals surface area contributed by atoms with Crippen LogP contribution in [0.5, 0.6) is 0 Å². The zero-order valence-electron chi connectivity index (χ0n) is 11.7. The largest absolute Gasteiger partial charge is 0.366 e. The first-order valence-corrected chi connectivity index (χ1v) is 6.66. The Morgan fingerprint density at radius 1 is 1.28 bits per heavy atom. The van der Waals surface area contributed by atoms with Gasteiger partial charge in [-0.3, -0.25) is 0 Å². The van der Waals surface area contributed by atoms with Crippen LogP contribution >= 0.6 is 0 Å². The zero-order chi connectivity index (χ0) is 13.4. The lowest BCUT2D eigenvalue weighted by Gasteiger charge is -2.23. The molecule has 0 fully saturated rings. The fraction of sp³-hybridized carbons (Fsp3) is 0.571. The molecule has 0 aliphatic carbocycles. The van der Waals surface area contributed by atoms with Gasteiger partial charge in [0.2, 0.25) is 0 Å². The van der Waals surface area contributed by atoms with Gasteiger partial charge in [-0.05, 0) is 19.8 Å². The molecular weight excluding hydrogens is 224 g/mol. The van der Waals surface area contributed by atoms with Gasteiger partial charge in [-0.1, -0.05) is 19.9 Å². The van der Waals surface area contributed by atoms with Crippen molar-refractivity contribution in [3.8, 4) is 0 Å². The van der Waals surface area contributed by atoms with E-state index in [0.29, 0.717) is 0 Å². The van der Waals surface area contributed by atoms with Crippen LogP contribution in [0.2, 0.25) is 0 Å². The van der Waals surface area contributed by atoms with Crippen molar-refractivity contribution in [2.75, 3.05) is 29.9 Å². The Labute approximate surface area is 110 Å². The Kier molecular flexibility index (Phi) is 6.19. The van der Waals surface area contributed by atoms with Gasteiger partial charge in [-0.2, -0.15) is 0 Å². The number of nitrogens with zero attached hydrogens (tertiary/aromatic N) is 3. The van der Waals surface area contributed by atoms with Gasteiger partial charge in [0.05, 0.1) is 0 Å². The first-order chi connectivity index (χ1) is 8.71. The summed E-state index contributed by atoms with van der Waals surface area (Å²) >= 11 is 0. The lowest BCUT2D eigenvalue weighted by Crippen LogP contribution is -2.26. The standard InChI is InChI=1S/C14H24N4/c1-5-8-15-13-11-14(17-12(4)16-13)18(9-6-2)10-7-3/h5,11H,1,6-10H2,2-4H3,(H,15,16,17). The highest BCUT2D eigenvalue weighted by molar-refractivity contribution is 5.49. The van der Waals surface area contributed by atoms with E-state index in [1.54, 1.807) is 0 Å². The van der Waals surface area contributed by atoms with Crippen molar-refractivity contribution in [2.24, 2.45) is 0 Å². The predicted octanol–water partition coefficient (Wildman–Crippen LogP) is 3.01. The van der Waals surface area contributed by atoms with E-state index in [9.17, 15) is 0 Å². The molecule has 1 aromatic heterocycles. The highest BCUT2D eigenvalue weighted by Gasteiger charge is 2.08. The second-order valence-corrected chi connectivity index (χ2v) is 4.32. The third kappa shape index (κ3) is 4.35. The third-order valence-corrected chi connectivity index (χ3v) is 2.56. The van der Waals surface area contributed by atoms with Gasteiger partial charge in [0, 0.05) is 25.7 Å². The molecule has 0 aliphatic rings. The van der Waals surface area contributed by atoms with E-state index < -0.39 is 0 Å². The van der Waals surface area contributed by atoms with Gasteiger partial charge in [-0.15, -0.1) is 6.58 Å². The van der Waals surface area contributed by atoms with Crippen LogP contribution in [0.15, 0.2) is 18.7 Å². The zero-order valence-corrected chi connectivity index (χ0v) is 11.7. The molecule has 0 aliphatic heterocycles. The van der Waals surface area contributed by atoms with Gasteiger partial charge >= 0.3 is 0 Å². The van der Waals surface area contributed by atoms with Crippen LogP contribution in [0.4, 0.5) is 11.6 Å². The highest BCUT2D eigenvalue weighted by atomic mass is 15.2. The fourth-order valence-corrected chi connectivity index (χ4v) is 1.86. The van der Waals surface area contributed by atoms with Gasteiger partial charge in [0.25, 0.3) is 0 Å². The Hall–Kier alpha value is -1.58. The molecule has 1 heterocycles. The van der Waals surface area contributed by atoms with Crippen LogP contribution in [-0.2, 0) is 0 Å².